The van der Waals surface area contributed by atoms with Gasteiger partial charge in [0.1, 0.15) is 0 Å². The Morgan fingerprint density at radius 3 is 2.60 bits per heavy atom. The van der Waals surface area contributed by atoms with E-state index in [1.54, 1.807) is 24.3 Å². The van der Waals surface area contributed by atoms with Gasteiger partial charge in [0.2, 0.25) is 5.91 Å². The summed E-state index contributed by atoms with van der Waals surface area (Å²) in [7, 11) is 3.98. The number of nitrogens with one attached hydrogen (secondary N) is 2. The summed E-state index contributed by atoms with van der Waals surface area (Å²) in [5.41, 5.74) is 1.39. The van der Waals surface area contributed by atoms with Gasteiger partial charge in [-0.3, -0.25) is 9.59 Å². The van der Waals surface area contributed by atoms with Crippen LogP contribution in [0.15, 0.2) is 24.3 Å². The first-order valence-electron chi connectivity index (χ1n) is 9.14. The number of likely N-dealkylation sites (tertiary alicyclic amines) is 1. The van der Waals surface area contributed by atoms with Gasteiger partial charge in [-0.25, -0.2) is 0 Å². The number of piperidine rings is 1. The molecule has 2 fully saturated rings. The minimum absolute atomic E-state index is 0.000984. The largest absolute Gasteiger partial charge is 0.337 e. The highest BCUT2D eigenvalue weighted by atomic mass is 16.2. The van der Waals surface area contributed by atoms with Crippen molar-refractivity contribution in [1.82, 2.24) is 15.1 Å². The van der Waals surface area contributed by atoms with Crippen molar-refractivity contribution in [3.63, 3.8) is 0 Å². The lowest BCUT2D eigenvalue weighted by Crippen LogP contribution is -2.47. The Morgan fingerprint density at radius 1 is 1.20 bits per heavy atom. The van der Waals surface area contributed by atoms with E-state index in [9.17, 15) is 9.59 Å². The van der Waals surface area contributed by atoms with Crippen LogP contribution < -0.4 is 10.6 Å². The normalized spacial score (nSPS) is 24.1. The molecule has 6 heteroatoms. The molecule has 2 aliphatic heterocycles. The number of carbonyl (C=O) groups excluding carboxylic acids is 2. The third-order valence-corrected chi connectivity index (χ3v) is 5.24. The lowest BCUT2D eigenvalue weighted by molar-refractivity contribution is -0.117. The molecule has 0 aliphatic carbocycles. The Hall–Kier alpha value is -1.92. The Kier molecular flexibility index (Phi) is 5.71. The summed E-state index contributed by atoms with van der Waals surface area (Å²) in [4.78, 5) is 29.0. The number of likely N-dealkylation sites (N-methyl/N-ethyl adjacent to an activating group) is 2. The van der Waals surface area contributed by atoms with Crippen molar-refractivity contribution >= 4 is 17.5 Å². The monoisotopic (exact) mass is 344 g/mol. The van der Waals surface area contributed by atoms with Crippen molar-refractivity contribution in [2.75, 3.05) is 39.0 Å². The zero-order valence-electron chi connectivity index (χ0n) is 15.1. The van der Waals surface area contributed by atoms with Gasteiger partial charge in [-0.2, -0.15) is 0 Å². The topological polar surface area (TPSA) is 64.7 Å². The van der Waals surface area contributed by atoms with E-state index in [0.717, 1.165) is 51.0 Å². The highest BCUT2D eigenvalue weighted by molar-refractivity contribution is 5.97. The van der Waals surface area contributed by atoms with Gasteiger partial charge in [0.15, 0.2) is 0 Å². The first-order valence-corrected chi connectivity index (χ1v) is 9.14. The SMILES string of the molecule is CN1CCCC(N(C)C(=O)c2ccc(NC(=O)C3CCCN3)cc2)C1. The van der Waals surface area contributed by atoms with Crippen molar-refractivity contribution in [1.29, 1.82) is 0 Å². The van der Waals surface area contributed by atoms with Gasteiger partial charge in [-0.15, -0.1) is 0 Å². The minimum atomic E-state index is -0.101. The van der Waals surface area contributed by atoms with Gasteiger partial charge < -0.3 is 20.4 Å². The summed E-state index contributed by atoms with van der Waals surface area (Å²) in [5, 5.41) is 6.10. The zero-order chi connectivity index (χ0) is 17.8. The van der Waals surface area contributed by atoms with Gasteiger partial charge in [-0.1, -0.05) is 0 Å². The molecule has 0 saturated carbocycles. The standard InChI is InChI=1S/C19H28N4O2/c1-22-12-4-5-16(13-22)23(2)19(25)14-7-9-15(10-8-14)21-18(24)17-6-3-11-20-17/h7-10,16-17,20H,3-6,11-13H2,1-2H3,(H,21,24). The summed E-state index contributed by atoms with van der Waals surface area (Å²) in [5.74, 6) is 0.0366. The molecule has 6 nitrogen and oxygen atoms in total. The molecule has 0 radical (unpaired) electrons. The van der Waals surface area contributed by atoms with Crippen LogP contribution in [0.5, 0.6) is 0 Å². The molecule has 1 aromatic carbocycles. The second-order valence-corrected chi connectivity index (χ2v) is 7.19. The molecule has 2 aliphatic rings. The van der Waals surface area contributed by atoms with E-state index >= 15 is 0 Å². The quantitative estimate of drug-likeness (QED) is 0.870. The zero-order valence-corrected chi connectivity index (χ0v) is 15.1. The van der Waals surface area contributed by atoms with Crippen LogP contribution in [0.25, 0.3) is 0 Å². The summed E-state index contributed by atoms with van der Waals surface area (Å²) in [6.07, 6.45) is 4.09. The maximum absolute atomic E-state index is 12.7. The van der Waals surface area contributed by atoms with Crippen molar-refractivity contribution < 1.29 is 9.59 Å². The number of nitrogens with zero attached hydrogens (tertiary/aromatic N) is 2. The lowest BCUT2D eigenvalue weighted by atomic mass is 10.0. The van der Waals surface area contributed by atoms with E-state index in [4.69, 9.17) is 0 Å². The van der Waals surface area contributed by atoms with Gasteiger partial charge in [0.25, 0.3) is 5.91 Å². The van der Waals surface area contributed by atoms with Crippen LogP contribution in [0.1, 0.15) is 36.0 Å². The fraction of sp³-hybridized carbons (Fsp3) is 0.579. The minimum Gasteiger partial charge on any atom is -0.337 e. The first-order chi connectivity index (χ1) is 12.0. The van der Waals surface area contributed by atoms with Crippen LogP contribution in [0.3, 0.4) is 0 Å². The van der Waals surface area contributed by atoms with Crippen LogP contribution >= 0.6 is 0 Å². The van der Waals surface area contributed by atoms with Crippen molar-refractivity contribution in [2.24, 2.45) is 0 Å². The Bertz CT molecular complexity index is 610. The predicted molar refractivity (Wildman–Crippen MR) is 98.7 cm³/mol. The maximum Gasteiger partial charge on any atom is 0.253 e. The third-order valence-electron chi connectivity index (χ3n) is 5.24. The molecule has 1 aromatic rings. The molecule has 2 saturated heterocycles. The molecule has 2 atom stereocenters. The van der Waals surface area contributed by atoms with E-state index in [-0.39, 0.29) is 23.9 Å². The Morgan fingerprint density at radius 2 is 1.96 bits per heavy atom. The predicted octanol–water partition coefficient (Wildman–Crippen LogP) is 1.54. The van der Waals surface area contributed by atoms with Crippen molar-refractivity contribution in [3.05, 3.63) is 29.8 Å². The lowest BCUT2D eigenvalue weighted by Gasteiger charge is -2.35. The second kappa shape index (κ2) is 7.97. The number of benzene rings is 1. The van der Waals surface area contributed by atoms with Crippen molar-refractivity contribution in [3.8, 4) is 0 Å². The molecule has 0 bridgehead atoms. The number of rotatable bonds is 4. The van der Waals surface area contributed by atoms with Crippen LogP contribution in [0, 0.1) is 0 Å². The highest BCUT2D eigenvalue weighted by Gasteiger charge is 2.25. The summed E-state index contributed by atoms with van der Waals surface area (Å²) in [6, 6.07) is 7.36. The summed E-state index contributed by atoms with van der Waals surface area (Å²) in [6.45, 7) is 2.92. The maximum atomic E-state index is 12.7. The van der Waals surface area contributed by atoms with E-state index in [1.807, 2.05) is 11.9 Å². The highest BCUT2D eigenvalue weighted by Crippen LogP contribution is 2.18. The Labute approximate surface area is 149 Å². The molecular formula is C19H28N4O2. The average molecular weight is 344 g/mol. The number of hydrogen-bond acceptors (Lipinski definition) is 4. The Balaban J connectivity index is 1.59. The van der Waals surface area contributed by atoms with Crippen LogP contribution in [-0.4, -0.2) is 67.4 Å². The second-order valence-electron chi connectivity index (χ2n) is 7.19. The molecule has 2 N–H and O–H groups in total. The fourth-order valence-corrected chi connectivity index (χ4v) is 3.66. The van der Waals surface area contributed by atoms with E-state index < -0.39 is 0 Å². The molecule has 3 rings (SSSR count). The summed E-state index contributed by atoms with van der Waals surface area (Å²) < 4.78 is 0. The number of amides is 2. The van der Waals surface area contributed by atoms with E-state index in [1.165, 1.54) is 0 Å². The average Bonchev–Trinajstić information content (AvgIpc) is 3.16. The molecule has 25 heavy (non-hydrogen) atoms. The fourth-order valence-electron chi connectivity index (χ4n) is 3.66. The molecule has 2 heterocycles. The number of hydrogen-bond donors (Lipinski definition) is 2. The molecule has 0 aromatic heterocycles. The van der Waals surface area contributed by atoms with Crippen LogP contribution in [0.2, 0.25) is 0 Å². The summed E-state index contributed by atoms with van der Waals surface area (Å²) >= 11 is 0. The van der Waals surface area contributed by atoms with Crippen molar-refractivity contribution in [2.45, 2.75) is 37.8 Å². The van der Waals surface area contributed by atoms with E-state index in [0.29, 0.717) is 5.56 Å². The van der Waals surface area contributed by atoms with Gasteiger partial charge in [0.05, 0.1) is 6.04 Å². The first kappa shape index (κ1) is 17.9. The van der Waals surface area contributed by atoms with Gasteiger partial charge in [0, 0.05) is 30.9 Å². The van der Waals surface area contributed by atoms with Gasteiger partial charge >= 0.3 is 0 Å². The molecular weight excluding hydrogens is 316 g/mol. The molecule has 0 spiro atoms. The van der Waals surface area contributed by atoms with Crippen LogP contribution in [-0.2, 0) is 4.79 Å². The number of anilines is 1. The molecule has 2 unspecified atom stereocenters. The van der Waals surface area contributed by atoms with Gasteiger partial charge in [-0.05, 0) is 70.1 Å². The third kappa shape index (κ3) is 4.38. The smallest absolute Gasteiger partial charge is 0.253 e. The van der Waals surface area contributed by atoms with Crippen LogP contribution in [0.4, 0.5) is 5.69 Å². The molecule has 2 amide bonds. The number of carbonyl (C=O) groups is 2. The van der Waals surface area contributed by atoms with E-state index in [2.05, 4.69) is 22.6 Å². The molecule has 136 valence electrons.